The summed E-state index contributed by atoms with van der Waals surface area (Å²) in [4.78, 5) is 25.3. The van der Waals surface area contributed by atoms with Crippen molar-refractivity contribution in [3.05, 3.63) is 59.2 Å². The van der Waals surface area contributed by atoms with Crippen molar-refractivity contribution in [2.75, 3.05) is 4.90 Å². The largest absolute Gasteiger partial charge is 0.489 e. The number of imide groups is 1. The van der Waals surface area contributed by atoms with E-state index in [2.05, 4.69) is 0 Å². The van der Waals surface area contributed by atoms with E-state index in [1.165, 1.54) is 4.90 Å². The van der Waals surface area contributed by atoms with Crippen LogP contribution in [0.2, 0.25) is 0 Å². The Bertz CT molecular complexity index is 767. The van der Waals surface area contributed by atoms with Crippen molar-refractivity contribution in [2.24, 2.45) is 0 Å². The van der Waals surface area contributed by atoms with Crippen molar-refractivity contribution in [1.82, 2.24) is 0 Å². The SMILES string of the molecule is O=C1CCc2cc(OCc3ccccc3)cc3c2N1C(=O)C3. The highest BCUT2D eigenvalue weighted by Gasteiger charge is 2.37. The van der Waals surface area contributed by atoms with Crippen LogP contribution >= 0.6 is 0 Å². The maximum absolute atomic E-state index is 12.0. The topological polar surface area (TPSA) is 46.6 Å². The van der Waals surface area contributed by atoms with E-state index in [9.17, 15) is 9.59 Å². The summed E-state index contributed by atoms with van der Waals surface area (Å²) in [6.45, 7) is 0.496. The summed E-state index contributed by atoms with van der Waals surface area (Å²) in [5.41, 5.74) is 3.84. The molecule has 0 radical (unpaired) electrons. The molecule has 0 unspecified atom stereocenters. The Morgan fingerprint density at radius 2 is 1.73 bits per heavy atom. The highest BCUT2D eigenvalue weighted by molar-refractivity contribution is 6.20. The highest BCUT2D eigenvalue weighted by atomic mass is 16.5. The second-order valence-electron chi connectivity index (χ2n) is 5.66. The van der Waals surface area contributed by atoms with Gasteiger partial charge in [0.15, 0.2) is 0 Å². The lowest BCUT2D eigenvalue weighted by Gasteiger charge is -2.24. The summed E-state index contributed by atoms with van der Waals surface area (Å²) in [5, 5.41) is 0. The average molecular weight is 293 g/mol. The van der Waals surface area contributed by atoms with Gasteiger partial charge >= 0.3 is 0 Å². The van der Waals surface area contributed by atoms with Crippen LogP contribution in [0.4, 0.5) is 5.69 Å². The van der Waals surface area contributed by atoms with Crippen LogP contribution in [0.5, 0.6) is 5.75 Å². The van der Waals surface area contributed by atoms with Crippen LogP contribution in [0.3, 0.4) is 0 Å². The Kier molecular flexibility index (Phi) is 2.96. The molecule has 0 saturated heterocycles. The zero-order valence-corrected chi connectivity index (χ0v) is 12.0. The molecule has 2 heterocycles. The van der Waals surface area contributed by atoms with Gasteiger partial charge in [0.2, 0.25) is 11.8 Å². The van der Waals surface area contributed by atoms with Gasteiger partial charge in [0.05, 0.1) is 12.1 Å². The monoisotopic (exact) mass is 293 g/mol. The summed E-state index contributed by atoms with van der Waals surface area (Å²) in [6.07, 6.45) is 1.35. The number of rotatable bonds is 3. The molecule has 0 aliphatic carbocycles. The maximum Gasteiger partial charge on any atom is 0.238 e. The molecule has 0 N–H and O–H groups in total. The lowest BCUT2D eigenvalue weighted by atomic mass is 9.99. The fourth-order valence-corrected chi connectivity index (χ4v) is 3.15. The molecule has 4 nitrogen and oxygen atoms in total. The van der Waals surface area contributed by atoms with E-state index in [4.69, 9.17) is 4.74 Å². The predicted molar refractivity (Wildman–Crippen MR) is 81.7 cm³/mol. The number of carbonyl (C=O) groups excluding carboxylic acids is 2. The van der Waals surface area contributed by atoms with Crippen LogP contribution in [0, 0.1) is 0 Å². The number of aryl methyl sites for hydroxylation is 1. The number of carbonyl (C=O) groups is 2. The van der Waals surface area contributed by atoms with Gasteiger partial charge in [0, 0.05) is 6.42 Å². The smallest absolute Gasteiger partial charge is 0.238 e. The number of hydrogen-bond donors (Lipinski definition) is 0. The number of hydrogen-bond acceptors (Lipinski definition) is 3. The molecule has 2 aliphatic rings. The van der Waals surface area contributed by atoms with Crippen molar-refractivity contribution in [2.45, 2.75) is 25.9 Å². The highest BCUT2D eigenvalue weighted by Crippen LogP contribution is 2.40. The Labute approximate surface area is 128 Å². The number of benzene rings is 2. The quantitative estimate of drug-likeness (QED) is 0.817. The van der Waals surface area contributed by atoms with Crippen molar-refractivity contribution in [1.29, 1.82) is 0 Å². The zero-order valence-electron chi connectivity index (χ0n) is 12.0. The fourth-order valence-electron chi connectivity index (χ4n) is 3.15. The molecular formula is C18H15NO3. The van der Waals surface area contributed by atoms with Gasteiger partial charge in [-0.15, -0.1) is 0 Å². The van der Waals surface area contributed by atoms with E-state index in [0.29, 0.717) is 19.4 Å². The van der Waals surface area contributed by atoms with Gasteiger partial charge in [-0.1, -0.05) is 30.3 Å². The van der Waals surface area contributed by atoms with Crippen LogP contribution in [0.15, 0.2) is 42.5 Å². The molecule has 22 heavy (non-hydrogen) atoms. The average Bonchev–Trinajstić information content (AvgIpc) is 2.87. The molecule has 0 saturated carbocycles. The first-order chi connectivity index (χ1) is 10.7. The van der Waals surface area contributed by atoms with E-state index in [-0.39, 0.29) is 18.2 Å². The maximum atomic E-state index is 12.0. The van der Waals surface area contributed by atoms with Gasteiger partial charge in [0.1, 0.15) is 12.4 Å². The minimum Gasteiger partial charge on any atom is -0.489 e. The van der Waals surface area contributed by atoms with Gasteiger partial charge < -0.3 is 4.74 Å². The van der Waals surface area contributed by atoms with Crippen LogP contribution in [-0.4, -0.2) is 11.8 Å². The molecular weight excluding hydrogens is 278 g/mol. The first-order valence-electron chi connectivity index (χ1n) is 7.41. The number of anilines is 1. The molecule has 4 heteroatoms. The molecule has 2 aromatic carbocycles. The molecule has 2 amide bonds. The first kappa shape index (κ1) is 13.1. The van der Waals surface area contributed by atoms with Gasteiger partial charge in [-0.25, -0.2) is 4.90 Å². The third-order valence-electron chi connectivity index (χ3n) is 4.16. The summed E-state index contributed by atoms with van der Waals surface area (Å²) in [6, 6.07) is 13.8. The Hall–Kier alpha value is -2.62. The summed E-state index contributed by atoms with van der Waals surface area (Å²) in [5.74, 6) is 0.553. The molecule has 4 rings (SSSR count). The molecule has 0 bridgehead atoms. The number of nitrogens with zero attached hydrogens (tertiary/aromatic N) is 1. The zero-order chi connectivity index (χ0) is 15.1. The third-order valence-corrected chi connectivity index (χ3v) is 4.16. The standard InChI is InChI=1S/C18H15NO3/c20-16-7-6-13-8-15(22-11-12-4-2-1-3-5-12)9-14-10-17(21)19(16)18(13)14/h1-5,8-9H,6-7,10-11H2. The van der Waals surface area contributed by atoms with E-state index in [1.807, 2.05) is 42.5 Å². The summed E-state index contributed by atoms with van der Waals surface area (Å²) in [7, 11) is 0. The third kappa shape index (κ3) is 2.08. The molecule has 0 aromatic heterocycles. The Balaban J connectivity index is 1.63. The Morgan fingerprint density at radius 3 is 2.55 bits per heavy atom. The van der Waals surface area contributed by atoms with Crippen molar-refractivity contribution >= 4 is 17.5 Å². The lowest BCUT2D eigenvalue weighted by Crippen LogP contribution is -2.36. The van der Waals surface area contributed by atoms with Crippen LogP contribution in [0.1, 0.15) is 23.1 Å². The molecule has 2 aromatic rings. The first-order valence-corrected chi connectivity index (χ1v) is 7.41. The second kappa shape index (κ2) is 4.98. The van der Waals surface area contributed by atoms with Crippen molar-refractivity contribution < 1.29 is 14.3 Å². The van der Waals surface area contributed by atoms with Gasteiger partial charge in [-0.05, 0) is 35.2 Å². The molecule has 0 atom stereocenters. The van der Waals surface area contributed by atoms with E-state index in [1.54, 1.807) is 0 Å². The van der Waals surface area contributed by atoms with E-state index >= 15 is 0 Å². The molecule has 0 spiro atoms. The van der Waals surface area contributed by atoms with Gasteiger partial charge in [0.25, 0.3) is 0 Å². The van der Waals surface area contributed by atoms with Crippen LogP contribution in [0.25, 0.3) is 0 Å². The Morgan fingerprint density at radius 1 is 0.955 bits per heavy atom. The van der Waals surface area contributed by atoms with E-state index < -0.39 is 0 Å². The molecule has 0 fully saturated rings. The number of amides is 2. The number of ether oxygens (including phenoxy) is 1. The van der Waals surface area contributed by atoms with Crippen LogP contribution < -0.4 is 9.64 Å². The van der Waals surface area contributed by atoms with Crippen molar-refractivity contribution in [3.8, 4) is 5.75 Å². The minimum absolute atomic E-state index is 0.0887. The van der Waals surface area contributed by atoms with Crippen molar-refractivity contribution in [3.63, 3.8) is 0 Å². The molecule has 110 valence electrons. The predicted octanol–water partition coefficient (Wildman–Crippen LogP) is 2.63. The fraction of sp³-hybridized carbons (Fsp3) is 0.222. The normalized spacial score (nSPS) is 15.9. The van der Waals surface area contributed by atoms with E-state index in [0.717, 1.165) is 28.1 Å². The summed E-state index contributed by atoms with van der Waals surface area (Å²) < 4.78 is 5.87. The summed E-state index contributed by atoms with van der Waals surface area (Å²) >= 11 is 0. The second-order valence-corrected chi connectivity index (χ2v) is 5.66. The lowest BCUT2D eigenvalue weighted by molar-refractivity contribution is -0.125. The minimum atomic E-state index is -0.124. The van der Waals surface area contributed by atoms with Gasteiger partial charge in [-0.2, -0.15) is 0 Å². The molecule has 2 aliphatic heterocycles. The van der Waals surface area contributed by atoms with Crippen LogP contribution in [-0.2, 0) is 29.0 Å². The van der Waals surface area contributed by atoms with Gasteiger partial charge in [-0.3, -0.25) is 9.59 Å².